The van der Waals surface area contributed by atoms with Crippen LogP contribution < -0.4 is 26.6 Å². The van der Waals surface area contributed by atoms with E-state index < -0.39 is 48.5 Å². The third kappa shape index (κ3) is 11.2. The summed E-state index contributed by atoms with van der Waals surface area (Å²) < 4.78 is 5.66. The molecule has 3 atom stereocenters. The molecule has 0 aliphatic heterocycles. The molecule has 1 aliphatic carbocycles. The third-order valence-electron chi connectivity index (χ3n) is 9.13. The van der Waals surface area contributed by atoms with E-state index >= 15 is 0 Å². The molecule has 0 saturated carbocycles. The second-order valence-corrected chi connectivity index (χ2v) is 12.9. The Bertz CT molecular complexity index is 1580. The van der Waals surface area contributed by atoms with Gasteiger partial charge in [0, 0.05) is 19.4 Å². The Balaban J connectivity index is 1.33. The first kappa shape index (κ1) is 38.6. The summed E-state index contributed by atoms with van der Waals surface area (Å²) in [6, 6.07) is 22.8. The number of likely N-dealkylation sites (N-methyl/N-ethyl adjacent to an activating group) is 1. The monoisotopic (exact) mass is 697 g/mol. The van der Waals surface area contributed by atoms with Gasteiger partial charge in [-0.3, -0.25) is 19.2 Å². The first-order valence-corrected chi connectivity index (χ1v) is 18.0. The van der Waals surface area contributed by atoms with Crippen molar-refractivity contribution in [2.45, 2.75) is 89.3 Å². The SMILES string of the molecule is CCCCCC(NC(=O)CNC(=O)C(CCCC)NC(=O)OCC1c2ccccc2-c2ccccc21)C(=O)NC(Cc1ccccc1)C(=O)NC. The fraction of sp³-hybridized carbons (Fsp3) is 0.425. The molecule has 0 saturated heterocycles. The molecule has 0 heterocycles. The molecule has 272 valence electrons. The molecule has 1 aliphatic rings. The largest absolute Gasteiger partial charge is 0.449 e. The zero-order valence-electron chi connectivity index (χ0n) is 29.8. The number of unbranched alkanes of at least 4 members (excludes halogenated alkanes) is 3. The normalized spacial score (nSPS) is 13.5. The van der Waals surface area contributed by atoms with E-state index in [0.29, 0.717) is 25.7 Å². The van der Waals surface area contributed by atoms with Crippen molar-refractivity contribution < 1.29 is 28.7 Å². The topological polar surface area (TPSA) is 155 Å². The number of benzene rings is 3. The summed E-state index contributed by atoms with van der Waals surface area (Å²) >= 11 is 0. The molecule has 0 bridgehead atoms. The summed E-state index contributed by atoms with van der Waals surface area (Å²) in [4.78, 5) is 65.4. The van der Waals surface area contributed by atoms with Gasteiger partial charge in [-0.1, -0.05) is 125 Å². The number of ether oxygens (including phenoxy) is 1. The number of nitrogens with one attached hydrogen (secondary N) is 5. The van der Waals surface area contributed by atoms with E-state index in [2.05, 4.69) is 38.7 Å². The van der Waals surface area contributed by atoms with Crippen LogP contribution in [0.15, 0.2) is 78.9 Å². The van der Waals surface area contributed by atoms with E-state index in [1.807, 2.05) is 80.6 Å². The zero-order valence-corrected chi connectivity index (χ0v) is 29.8. The fourth-order valence-corrected chi connectivity index (χ4v) is 6.37. The highest BCUT2D eigenvalue weighted by Gasteiger charge is 2.30. The first-order chi connectivity index (χ1) is 24.7. The molecular weight excluding hydrogens is 646 g/mol. The van der Waals surface area contributed by atoms with Gasteiger partial charge in [-0.2, -0.15) is 0 Å². The van der Waals surface area contributed by atoms with Gasteiger partial charge in [0.05, 0.1) is 6.54 Å². The van der Waals surface area contributed by atoms with Crippen LogP contribution in [0.5, 0.6) is 0 Å². The van der Waals surface area contributed by atoms with Crippen molar-refractivity contribution in [2.75, 3.05) is 20.2 Å². The minimum Gasteiger partial charge on any atom is -0.449 e. The van der Waals surface area contributed by atoms with Gasteiger partial charge < -0.3 is 31.3 Å². The van der Waals surface area contributed by atoms with Crippen molar-refractivity contribution in [3.8, 4) is 11.1 Å². The number of carbonyl (C=O) groups excluding carboxylic acids is 5. The number of carbonyl (C=O) groups is 5. The van der Waals surface area contributed by atoms with Gasteiger partial charge in [0.25, 0.3) is 0 Å². The molecule has 0 aromatic heterocycles. The van der Waals surface area contributed by atoms with E-state index in [9.17, 15) is 24.0 Å². The summed E-state index contributed by atoms with van der Waals surface area (Å²) in [6.45, 7) is 3.73. The second kappa shape index (κ2) is 19.9. The molecule has 3 aromatic rings. The molecule has 4 rings (SSSR count). The second-order valence-electron chi connectivity index (χ2n) is 12.9. The predicted molar refractivity (Wildman–Crippen MR) is 197 cm³/mol. The Morgan fingerprint density at radius 1 is 0.647 bits per heavy atom. The molecule has 0 radical (unpaired) electrons. The van der Waals surface area contributed by atoms with Crippen molar-refractivity contribution in [1.82, 2.24) is 26.6 Å². The van der Waals surface area contributed by atoms with Crippen LogP contribution in [0.2, 0.25) is 0 Å². The maximum atomic E-state index is 13.4. The van der Waals surface area contributed by atoms with Gasteiger partial charge in [0.1, 0.15) is 24.7 Å². The van der Waals surface area contributed by atoms with E-state index in [1.165, 1.54) is 7.05 Å². The van der Waals surface area contributed by atoms with Crippen molar-refractivity contribution >= 4 is 29.7 Å². The lowest BCUT2D eigenvalue weighted by atomic mass is 9.98. The van der Waals surface area contributed by atoms with Gasteiger partial charge in [-0.25, -0.2) is 4.79 Å². The van der Waals surface area contributed by atoms with E-state index in [4.69, 9.17) is 4.74 Å². The summed E-state index contributed by atoms with van der Waals surface area (Å²) in [5.74, 6) is -2.04. The molecule has 5 amide bonds. The zero-order chi connectivity index (χ0) is 36.6. The highest BCUT2D eigenvalue weighted by atomic mass is 16.5. The van der Waals surface area contributed by atoms with Gasteiger partial charge >= 0.3 is 6.09 Å². The van der Waals surface area contributed by atoms with Crippen LogP contribution in [0.4, 0.5) is 4.79 Å². The number of fused-ring (bicyclic) bond motifs is 3. The van der Waals surface area contributed by atoms with Crippen LogP contribution in [-0.4, -0.2) is 68.0 Å². The Morgan fingerprint density at radius 3 is 1.86 bits per heavy atom. The van der Waals surface area contributed by atoms with Gasteiger partial charge in [-0.05, 0) is 40.7 Å². The minimum atomic E-state index is -0.914. The van der Waals surface area contributed by atoms with Crippen molar-refractivity contribution in [1.29, 1.82) is 0 Å². The lowest BCUT2D eigenvalue weighted by Gasteiger charge is -2.23. The number of hydrogen-bond acceptors (Lipinski definition) is 6. The van der Waals surface area contributed by atoms with E-state index in [1.54, 1.807) is 0 Å². The molecule has 3 unspecified atom stereocenters. The smallest absolute Gasteiger partial charge is 0.407 e. The number of amides is 5. The summed E-state index contributed by atoms with van der Waals surface area (Å²) in [5, 5.41) is 13.4. The molecule has 51 heavy (non-hydrogen) atoms. The molecule has 0 spiro atoms. The van der Waals surface area contributed by atoms with Gasteiger partial charge in [0.15, 0.2) is 0 Å². The third-order valence-corrected chi connectivity index (χ3v) is 9.13. The van der Waals surface area contributed by atoms with Gasteiger partial charge in [0.2, 0.25) is 23.6 Å². The maximum Gasteiger partial charge on any atom is 0.407 e. The van der Waals surface area contributed by atoms with Crippen LogP contribution in [0, 0.1) is 0 Å². The highest BCUT2D eigenvalue weighted by Crippen LogP contribution is 2.44. The number of rotatable bonds is 19. The molecule has 0 fully saturated rings. The van der Waals surface area contributed by atoms with Crippen molar-refractivity contribution in [3.63, 3.8) is 0 Å². The Labute approximate surface area is 300 Å². The van der Waals surface area contributed by atoms with Crippen LogP contribution in [0.3, 0.4) is 0 Å². The van der Waals surface area contributed by atoms with E-state index in [-0.39, 0.29) is 24.9 Å². The van der Waals surface area contributed by atoms with Crippen LogP contribution in [0.25, 0.3) is 11.1 Å². The predicted octanol–water partition coefficient (Wildman–Crippen LogP) is 4.74. The lowest BCUT2D eigenvalue weighted by molar-refractivity contribution is -0.132. The van der Waals surface area contributed by atoms with Gasteiger partial charge in [-0.15, -0.1) is 0 Å². The molecule has 11 nitrogen and oxygen atoms in total. The average Bonchev–Trinajstić information content (AvgIpc) is 3.47. The standard InChI is InChI=1S/C40H51N5O6/c1-4-6-9-23-34(39(49)44-35(37(47)41-3)24-27-16-10-8-11-17-27)43-36(46)25-42-38(48)33(22-7-5-2)45-40(50)51-26-32-30-20-14-12-18-28(30)29-19-13-15-21-31(29)32/h8,10-21,32-35H,4-7,9,22-26H2,1-3H3,(H,41,47)(H,42,48)(H,43,46)(H,44,49)(H,45,50). The van der Waals surface area contributed by atoms with Crippen molar-refractivity contribution in [3.05, 3.63) is 95.6 Å². The molecule has 3 aromatic carbocycles. The summed E-state index contributed by atoms with van der Waals surface area (Å²) in [7, 11) is 1.51. The van der Waals surface area contributed by atoms with E-state index in [0.717, 1.165) is 47.1 Å². The Hall–Kier alpha value is -5.19. The van der Waals surface area contributed by atoms with Crippen LogP contribution >= 0.6 is 0 Å². The molecule has 11 heteroatoms. The summed E-state index contributed by atoms with van der Waals surface area (Å²) in [6.07, 6.45) is 4.23. The Morgan fingerprint density at radius 2 is 1.24 bits per heavy atom. The van der Waals surface area contributed by atoms with Crippen molar-refractivity contribution in [2.24, 2.45) is 0 Å². The first-order valence-electron chi connectivity index (χ1n) is 18.0. The summed E-state index contributed by atoms with van der Waals surface area (Å²) in [5.41, 5.74) is 5.28. The minimum absolute atomic E-state index is 0.109. The number of hydrogen-bond donors (Lipinski definition) is 5. The lowest BCUT2D eigenvalue weighted by Crippen LogP contribution is -2.55. The van der Waals surface area contributed by atoms with Crippen LogP contribution in [0.1, 0.15) is 81.4 Å². The quantitative estimate of drug-likeness (QED) is 0.114. The molecule has 5 N–H and O–H groups in total. The number of alkyl carbamates (subject to hydrolysis) is 1. The van der Waals surface area contributed by atoms with Crippen LogP contribution in [-0.2, 0) is 30.3 Å². The maximum absolute atomic E-state index is 13.4. The Kier molecular flexibility index (Phi) is 15.0. The fourth-order valence-electron chi connectivity index (χ4n) is 6.37. The average molecular weight is 698 g/mol. The highest BCUT2D eigenvalue weighted by molar-refractivity contribution is 5.94. The molecular formula is C40H51N5O6.